The van der Waals surface area contributed by atoms with Crippen LogP contribution in [0, 0.1) is 6.92 Å². The molecule has 2 aromatic rings. The third-order valence-corrected chi connectivity index (χ3v) is 8.20. The molecule has 0 saturated carbocycles. The minimum atomic E-state index is -2.86. The summed E-state index contributed by atoms with van der Waals surface area (Å²) in [6, 6.07) is 10.0. The molecule has 1 aromatic carbocycles. The van der Waals surface area contributed by atoms with Crippen molar-refractivity contribution in [1.29, 1.82) is 0 Å². The molecule has 1 atom stereocenters. The lowest BCUT2D eigenvalue weighted by atomic mass is 10.1. The predicted octanol–water partition coefficient (Wildman–Crippen LogP) is 0.646. The number of sulfone groups is 1. The fraction of sp³-hybridized carbons (Fsp3) is 0.474. The van der Waals surface area contributed by atoms with Crippen LogP contribution >= 0.6 is 11.3 Å². The van der Waals surface area contributed by atoms with Crippen LogP contribution in [0.4, 0.5) is 0 Å². The van der Waals surface area contributed by atoms with Crippen LogP contribution in [-0.4, -0.2) is 67.9 Å². The molecule has 0 unspecified atom stereocenters. The first-order valence-corrected chi connectivity index (χ1v) is 11.9. The zero-order chi connectivity index (χ0) is 19.0. The monoisotopic (exact) mass is 406 g/mol. The van der Waals surface area contributed by atoms with E-state index < -0.39 is 9.84 Å². The lowest BCUT2D eigenvalue weighted by Gasteiger charge is -2.34. The molecule has 1 aromatic heterocycles. The third kappa shape index (κ3) is 3.93. The Kier molecular flexibility index (Phi) is 5.05. The van der Waals surface area contributed by atoms with Crippen molar-refractivity contribution in [3.63, 3.8) is 0 Å². The van der Waals surface area contributed by atoms with E-state index in [0.717, 1.165) is 35.8 Å². The summed E-state index contributed by atoms with van der Waals surface area (Å²) >= 11 is 1.45. The first-order chi connectivity index (χ1) is 12.9. The van der Waals surface area contributed by atoms with Gasteiger partial charge in [-0.15, -0.1) is 11.3 Å². The first kappa shape index (κ1) is 18.6. The molecule has 27 heavy (non-hydrogen) atoms. The van der Waals surface area contributed by atoms with Gasteiger partial charge in [0.15, 0.2) is 9.84 Å². The van der Waals surface area contributed by atoms with E-state index in [0.29, 0.717) is 29.5 Å². The highest BCUT2D eigenvalue weighted by Gasteiger charge is 2.38. The number of carbonyl (C=O) groups excluding carboxylic acids is 1. The van der Waals surface area contributed by atoms with Crippen LogP contribution < -0.4 is 4.90 Å². The van der Waals surface area contributed by atoms with Gasteiger partial charge in [0, 0.05) is 12.0 Å². The molecule has 144 valence electrons. The Balaban J connectivity index is 1.46. The van der Waals surface area contributed by atoms with Crippen molar-refractivity contribution in [3.8, 4) is 11.3 Å². The zero-order valence-corrected chi connectivity index (χ0v) is 17.0. The Hall–Kier alpha value is -1.77. The second-order valence-electron chi connectivity index (χ2n) is 7.33. The van der Waals surface area contributed by atoms with Crippen molar-refractivity contribution >= 4 is 27.1 Å². The molecule has 8 heteroatoms. The molecule has 2 aliphatic rings. The van der Waals surface area contributed by atoms with Crippen molar-refractivity contribution in [2.75, 3.05) is 37.7 Å². The highest BCUT2D eigenvalue weighted by atomic mass is 32.2. The minimum Gasteiger partial charge on any atom is -0.329 e. The maximum absolute atomic E-state index is 13.1. The Morgan fingerprint density at radius 2 is 1.93 bits per heavy atom. The van der Waals surface area contributed by atoms with Gasteiger partial charge in [-0.3, -0.25) is 4.79 Å². The van der Waals surface area contributed by atoms with Crippen molar-refractivity contribution in [1.82, 2.24) is 9.88 Å². The van der Waals surface area contributed by atoms with E-state index in [-0.39, 0.29) is 11.9 Å². The second-order valence-corrected chi connectivity index (χ2v) is 10.8. The highest BCUT2D eigenvalue weighted by molar-refractivity contribution is 7.91. The Morgan fingerprint density at radius 1 is 1.22 bits per heavy atom. The quantitative estimate of drug-likeness (QED) is 0.812. The number of nitrogens with zero attached hydrogens (tertiary/aromatic N) is 2. The third-order valence-electron chi connectivity index (χ3n) is 5.48. The van der Waals surface area contributed by atoms with Gasteiger partial charge >= 0.3 is 0 Å². The lowest BCUT2D eigenvalue weighted by molar-refractivity contribution is -0.925. The van der Waals surface area contributed by atoms with Crippen LogP contribution in [0.3, 0.4) is 0 Å². The molecule has 0 radical (unpaired) electrons. The summed E-state index contributed by atoms with van der Waals surface area (Å²) in [5.41, 5.74) is 1.73. The van der Waals surface area contributed by atoms with Gasteiger partial charge in [-0.05, 0) is 6.92 Å². The molecule has 6 nitrogen and oxygen atoms in total. The van der Waals surface area contributed by atoms with E-state index in [2.05, 4.69) is 4.98 Å². The fourth-order valence-corrected chi connectivity index (χ4v) is 6.76. The molecule has 1 N–H and O–H groups in total. The lowest BCUT2D eigenvalue weighted by Crippen LogP contribution is -3.18. The molecule has 3 heterocycles. The Labute approximate surface area is 163 Å². The molecular weight excluding hydrogens is 382 g/mol. The van der Waals surface area contributed by atoms with Crippen molar-refractivity contribution in [2.24, 2.45) is 0 Å². The van der Waals surface area contributed by atoms with Gasteiger partial charge in [0.2, 0.25) is 0 Å². The zero-order valence-electron chi connectivity index (χ0n) is 15.3. The number of aromatic nitrogens is 1. The highest BCUT2D eigenvalue weighted by Crippen LogP contribution is 2.29. The smallest absolute Gasteiger partial charge is 0.266 e. The van der Waals surface area contributed by atoms with Crippen LogP contribution in [0.2, 0.25) is 0 Å². The first-order valence-electron chi connectivity index (χ1n) is 9.30. The molecule has 2 aliphatic heterocycles. The summed E-state index contributed by atoms with van der Waals surface area (Å²) in [5, 5.41) is 0.887. The normalized spacial score (nSPS) is 22.9. The van der Waals surface area contributed by atoms with Crippen LogP contribution in [0.5, 0.6) is 0 Å². The van der Waals surface area contributed by atoms with Crippen LogP contribution in [0.1, 0.15) is 21.1 Å². The number of nitrogens with one attached hydrogen (secondary N) is 1. The Morgan fingerprint density at radius 3 is 2.56 bits per heavy atom. The standard InChI is InChI=1S/C19H23N3O3S2/c1-14-20-17(15-5-3-2-4-6-15)18(26-14)19(23)22-10-8-21(9-11-22)16-7-12-27(24,25)13-16/h2-6,16H,7-13H2,1H3/p+1/t16-/m1/s1. The summed E-state index contributed by atoms with van der Waals surface area (Å²) in [6.07, 6.45) is 0.748. The Bertz CT molecular complexity index is 932. The van der Waals surface area contributed by atoms with Gasteiger partial charge in [-0.25, -0.2) is 13.4 Å². The maximum Gasteiger partial charge on any atom is 0.266 e. The second kappa shape index (κ2) is 7.33. The van der Waals surface area contributed by atoms with E-state index in [1.807, 2.05) is 42.2 Å². The van der Waals surface area contributed by atoms with Gasteiger partial charge in [0.1, 0.15) is 16.7 Å². The fourth-order valence-electron chi connectivity index (χ4n) is 4.03. The van der Waals surface area contributed by atoms with E-state index in [9.17, 15) is 13.2 Å². The van der Waals surface area contributed by atoms with Crippen molar-refractivity contribution < 1.29 is 18.1 Å². The van der Waals surface area contributed by atoms with Gasteiger partial charge in [-0.2, -0.15) is 0 Å². The largest absolute Gasteiger partial charge is 0.329 e. The summed E-state index contributed by atoms with van der Waals surface area (Å²) in [4.78, 5) is 21.6. The van der Waals surface area contributed by atoms with Gasteiger partial charge in [0.25, 0.3) is 5.91 Å². The molecule has 4 rings (SSSR count). The minimum absolute atomic E-state index is 0.0394. The van der Waals surface area contributed by atoms with Gasteiger partial charge in [0.05, 0.1) is 42.6 Å². The van der Waals surface area contributed by atoms with Crippen LogP contribution in [0.25, 0.3) is 11.3 Å². The number of hydrogen-bond acceptors (Lipinski definition) is 5. The summed E-state index contributed by atoms with van der Waals surface area (Å²) in [6.45, 7) is 4.87. The number of amides is 1. The average Bonchev–Trinajstić information content (AvgIpc) is 3.24. The molecule has 0 bridgehead atoms. The topological polar surface area (TPSA) is 71.8 Å². The molecule has 0 spiro atoms. The number of aryl methyl sites for hydroxylation is 1. The van der Waals surface area contributed by atoms with Gasteiger partial charge < -0.3 is 9.80 Å². The molecular formula is C19H24N3O3S2+. The maximum atomic E-state index is 13.1. The number of quaternary nitrogens is 1. The van der Waals surface area contributed by atoms with Crippen molar-refractivity contribution in [2.45, 2.75) is 19.4 Å². The SMILES string of the molecule is Cc1nc(-c2ccccc2)c(C(=O)N2CC[NH+]([C@@H]3CCS(=O)(=O)C3)CC2)s1. The van der Waals surface area contributed by atoms with Crippen LogP contribution in [-0.2, 0) is 9.84 Å². The summed E-state index contributed by atoms with van der Waals surface area (Å²) < 4.78 is 23.5. The number of benzene rings is 1. The van der Waals surface area contributed by atoms with E-state index in [4.69, 9.17) is 0 Å². The molecule has 1 amide bonds. The molecule has 2 saturated heterocycles. The molecule has 2 fully saturated rings. The average molecular weight is 407 g/mol. The van der Waals surface area contributed by atoms with Gasteiger partial charge in [-0.1, -0.05) is 30.3 Å². The van der Waals surface area contributed by atoms with E-state index in [1.54, 1.807) is 0 Å². The number of thiazole rings is 1. The summed E-state index contributed by atoms with van der Waals surface area (Å²) in [5.74, 6) is 0.643. The number of piperazine rings is 1. The van der Waals surface area contributed by atoms with E-state index >= 15 is 0 Å². The predicted molar refractivity (Wildman–Crippen MR) is 106 cm³/mol. The number of hydrogen-bond donors (Lipinski definition) is 1. The number of rotatable bonds is 3. The summed E-state index contributed by atoms with van der Waals surface area (Å²) in [7, 11) is -2.86. The van der Waals surface area contributed by atoms with E-state index in [1.165, 1.54) is 16.2 Å². The number of carbonyl (C=O) groups is 1. The van der Waals surface area contributed by atoms with Crippen molar-refractivity contribution in [3.05, 3.63) is 40.2 Å². The molecule has 0 aliphatic carbocycles. The van der Waals surface area contributed by atoms with Crippen LogP contribution in [0.15, 0.2) is 30.3 Å².